The molecule has 0 bridgehead atoms. The molecule has 2 aromatic rings. The zero-order valence-corrected chi connectivity index (χ0v) is 10.5. The summed E-state index contributed by atoms with van der Waals surface area (Å²) in [4.78, 5) is 4.41. The average molecular weight is 238 g/mol. The maximum atomic E-state index is 2.31. The highest BCUT2D eigenvalue weighted by molar-refractivity contribution is 8.00. The van der Waals surface area contributed by atoms with E-state index in [4.69, 9.17) is 0 Å². The number of thiophene rings is 2. The molecule has 0 spiro atoms. The molecule has 3 rings (SSSR count). The van der Waals surface area contributed by atoms with Gasteiger partial charge in [-0.3, -0.25) is 0 Å². The van der Waals surface area contributed by atoms with Crippen LogP contribution in [0.5, 0.6) is 0 Å². The lowest BCUT2D eigenvalue weighted by Crippen LogP contribution is -2.14. The summed E-state index contributed by atoms with van der Waals surface area (Å²) in [6, 6.07) is 4.52. The van der Waals surface area contributed by atoms with Crippen LogP contribution >= 0.6 is 34.4 Å². The van der Waals surface area contributed by atoms with Gasteiger partial charge in [-0.15, -0.1) is 34.4 Å². The minimum atomic E-state index is 0.239. The van der Waals surface area contributed by atoms with E-state index >= 15 is 0 Å². The van der Waals surface area contributed by atoms with Crippen LogP contribution in [0.4, 0.5) is 0 Å². The quantitative estimate of drug-likeness (QED) is 0.634. The molecule has 0 N–H and O–H groups in total. The monoisotopic (exact) mass is 238 g/mol. The minimum Gasteiger partial charge on any atom is -0.143 e. The van der Waals surface area contributed by atoms with Crippen molar-refractivity contribution in [3.63, 3.8) is 0 Å². The van der Waals surface area contributed by atoms with E-state index in [1.165, 1.54) is 20.2 Å². The van der Waals surface area contributed by atoms with Crippen molar-refractivity contribution in [2.24, 2.45) is 0 Å². The van der Waals surface area contributed by atoms with Crippen LogP contribution in [0.25, 0.3) is 9.75 Å². The van der Waals surface area contributed by atoms with Crippen LogP contribution in [0.1, 0.15) is 19.4 Å². The van der Waals surface area contributed by atoms with Crippen molar-refractivity contribution in [3.05, 3.63) is 28.5 Å². The Kier molecular flexibility index (Phi) is 1.85. The maximum Gasteiger partial charge on any atom is 0.0582 e. The van der Waals surface area contributed by atoms with Crippen LogP contribution < -0.4 is 0 Å². The third-order valence-electron chi connectivity index (χ3n) is 2.51. The van der Waals surface area contributed by atoms with Gasteiger partial charge in [0.15, 0.2) is 0 Å². The Balaban J connectivity index is 2.32. The van der Waals surface area contributed by atoms with Gasteiger partial charge in [0.1, 0.15) is 0 Å². The van der Waals surface area contributed by atoms with E-state index < -0.39 is 0 Å². The summed E-state index contributed by atoms with van der Waals surface area (Å²) >= 11 is 5.72. The van der Waals surface area contributed by atoms with Gasteiger partial charge in [-0.25, -0.2) is 0 Å². The van der Waals surface area contributed by atoms with Crippen molar-refractivity contribution in [1.29, 1.82) is 0 Å². The van der Waals surface area contributed by atoms with E-state index in [1.807, 2.05) is 34.4 Å². The average Bonchev–Trinajstić information content (AvgIpc) is 2.66. The zero-order chi connectivity index (χ0) is 9.76. The molecular weight excluding hydrogens is 228 g/mol. The molecule has 72 valence electrons. The molecule has 0 saturated carbocycles. The largest absolute Gasteiger partial charge is 0.143 e. The van der Waals surface area contributed by atoms with Crippen molar-refractivity contribution < 1.29 is 0 Å². The Labute approximate surface area is 96.0 Å². The molecule has 2 aromatic heterocycles. The first-order chi connectivity index (χ1) is 6.68. The predicted molar refractivity (Wildman–Crippen MR) is 66.5 cm³/mol. The smallest absolute Gasteiger partial charge is 0.0582 e. The van der Waals surface area contributed by atoms with Gasteiger partial charge in [-0.05, 0) is 42.3 Å². The van der Waals surface area contributed by atoms with Crippen molar-refractivity contribution in [2.75, 3.05) is 0 Å². The van der Waals surface area contributed by atoms with Gasteiger partial charge in [-0.2, -0.15) is 0 Å². The Morgan fingerprint density at radius 1 is 1.00 bits per heavy atom. The first-order valence-corrected chi connectivity index (χ1v) is 7.11. The Bertz CT molecular complexity index is 476. The van der Waals surface area contributed by atoms with Gasteiger partial charge < -0.3 is 0 Å². The second kappa shape index (κ2) is 2.87. The summed E-state index contributed by atoms with van der Waals surface area (Å²) in [5, 5.41) is 4.41. The Morgan fingerprint density at radius 3 is 2.57 bits per heavy atom. The van der Waals surface area contributed by atoms with E-state index in [0.29, 0.717) is 0 Å². The molecule has 0 amide bonds. The van der Waals surface area contributed by atoms with Gasteiger partial charge in [0.05, 0.1) is 4.88 Å². The van der Waals surface area contributed by atoms with E-state index in [0.717, 1.165) is 0 Å². The molecule has 0 aromatic carbocycles. The Hall–Kier alpha value is -0.250. The number of fused-ring (bicyclic) bond motifs is 3. The normalized spacial score (nSPS) is 17.6. The molecule has 3 heterocycles. The molecule has 0 fully saturated rings. The molecular formula is C11H10S3. The van der Waals surface area contributed by atoms with Crippen LogP contribution in [0.15, 0.2) is 27.8 Å². The standard InChI is InChI=1S/C11H10S3/c1-11(2)7-3-5-12-9(7)10-8(14-11)4-6-13-10/h3-6H,1-2H3. The number of thioether (sulfide) groups is 1. The molecule has 1 aliphatic heterocycles. The molecule has 0 radical (unpaired) electrons. The summed E-state index contributed by atoms with van der Waals surface area (Å²) in [5.41, 5.74) is 1.50. The maximum absolute atomic E-state index is 2.31. The Morgan fingerprint density at radius 2 is 1.71 bits per heavy atom. The summed E-state index contributed by atoms with van der Waals surface area (Å²) < 4.78 is 0.239. The van der Waals surface area contributed by atoms with Gasteiger partial charge in [0.2, 0.25) is 0 Å². The van der Waals surface area contributed by atoms with Crippen LogP contribution in [-0.4, -0.2) is 0 Å². The van der Waals surface area contributed by atoms with E-state index in [2.05, 4.69) is 36.7 Å². The second-order valence-corrected chi connectivity index (χ2v) is 7.39. The van der Waals surface area contributed by atoms with Gasteiger partial charge in [0.25, 0.3) is 0 Å². The van der Waals surface area contributed by atoms with Crippen molar-refractivity contribution >= 4 is 34.4 Å². The van der Waals surface area contributed by atoms with Gasteiger partial charge in [0, 0.05) is 14.5 Å². The highest BCUT2D eigenvalue weighted by Crippen LogP contribution is 2.55. The summed E-state index contributed by atoms with van der Waals surface area (Å²) in [6.07, 6.45) is 0. The fourth-order valence-electron chi connectivity index (χ4n) is 1.83. The van der Waals surface area contributed by atoms with Gasteiger partial charge in [-0.1, -0.05) is 0 Å². The third-order valence-corrected chi connectivity index (χ3v) is 5.93. The SMILES string of the molecule is CC1(C)Sc2ccsc2-c2sccc21. The lowest BCUT2D eigenvalue weighted by Gasteiger charge is -2.29. The third kappa shape index (κ3) is 1.12. The molecule has 14 heavy (non-hydrogen) atoms. The van der Waals surface area contributed by atoms with Crippen LogP contribution in [0, 0.1) is 0 Å². The lowest BCUT2D eigenvalue weighted by molar-refractivity contribution is 0.784. The second-order valence-electron chi connectivity index (χ2n) is 3.89. The molecule has 1 aliphatic rings. The summed E-state index contributed by atoms with van der Waals surface area (Å²) in [6.45, 7) is 4.62. The predicted octanol–water partition coefficient (Wildman–Crippen LogP) is 4.82. The molecule has 0 saturated heterocycles. The van der Waals surface area contributed by atoms with Crippen LogP contribution in [0.2, 0.25) is 0 Å². The van der Waals surface area contributed by atoms with Gasteiger partial charge >= 0.3 is 0 Å². The fourth-order valence-corrected chi connectivity index (χ4v) is 5.52. The minimum absolute atomic E-state index is 0.239. The zero-order valence-electron chi connectivity index (χ0n) is 8.03. The van der Waals surface area contributed by atoms with E-state index in [1.54, 1.807) is 0 Å². The van der Waals surface area contributed by atoms with E-state index in [-0.39, 0.29) is 4.75 Å². The molecule has 0 atom stereocenters. The highest BCUT2D eigenvalue weighted by Gasteiger charge is 2.33. The molecule has 0 unspecified atom stereocenters. The number of hydrogen-bond donors (Lipinski definition) is 0. The van der Waals surface area contributed by atoms with Crippen molar-refractivity contribution in [1.82, 2.24) is 0 Å². The molecule has 3 heteroatoms. The van der Waals surface area contributed by atoms with Crippen LogP contribution in [0.3, 0.4) is 0 Å². The summed E-state index contributed by atoms with van der Waals surface area (Å²) in [7, 11) is 0. The highest BCUT2D eigenvalue weighted by atomic mass is 32.2. The van der Waals surface area contributed by atoms with Crippen molar-refractivity contribution in [3.8, 4) is 9.75 Å². The van der Waals surface area contributed by atoms with Crippen molar-refractivity contribution in [2.45, 2.75) is 23.5 Å². The molecule has 0 nitrogen and oxygen atoms in total. The molecule has 0 aliphatic carbocycles. The van der Waals surface area contributed by atoms with Crippen LogP contribution in [-0.2, 0) is 4.75 Å². The first kappa shape index (κ1) is 9.01. The first-order valence-electron chi connectivity index (χ1n) is 4.53. The fraction of sp³-hybridized carbons (Fsp3) is 0.273. The number of hydrogen-bond acceptors (Lipinski definition) is 3. The summed E-state index contributed by atoms with van der Waals surface area (Å²) in [5.74, 6) is 0. The number of rotatable bonds is 0. The lowest BCUT2D eigenvalue weighted by atomic mass is 10.0. The van der Waals surface area contributed by atoms with E-state index in [9.17, 15) is 0 Å². The topological polar surface area (TPSA) is 0 Å².